The van der Waals surface area contributed by atoms with Gasteiger partial charge in [-0.2, -0.15) is 5.26 Å². The van der Waals surface area contributed by atoms with Crippen molar-refractivity contribution in [3.8, 4) is 23.5 Å². The molecule has 0 radical (unpaired) electrons. The van der Waals surface area contributed by atoms with Crippen molar-refractivity contribution in [3.63, 3.8) is 0 Å². The maximum Gasteiger partial charge on any atom is 0.297 e. The fraction of sp³-hybridized carbons (Fsp3) is 0.318. The van der Waals surface area contributed by atoms with Crippen LogP contribution in [0.5, 0.6) is 11.7 Å². The quantitative estimate of drug-likeness (QED) is 0.385. The van der Waals surface area contributed by atoms with Gasteiger partial charge in [-0.3, -0.25) is 9.59 Å². The Bertz CT molecular complexity index is 1260. The van der Waals surface area contributed by atoms with Crippen LogP contribution in [0, 0.1) is 11.3 Å². The number of rotatable bonds is 7. The third-order valence-corrected chi connectivity index (χ3v) is 7.48. The summed E-state index contributed by atoms with van der Waals surface area (Å²) in [5.41, 5.74) is 1.99. The van der Waals surface area contributed by atoms with Crippen molar-refractivity contribution in [2.75, 3.05) is 24.7 Å². The Morgan fingerprint density at radius 3 is 2.85 bits per heavy atom. The van der Waals surface area contributed by atoms with Gasteiger partial charge in [0.05, 0.1) is 24.5 Å². The number of thioether (sulfide) groups is 1. The summed E-state index contributed by atoms with van der Waals surface area (Å²) in [7, 11) is 1.56. The van der Waals surface area contributed by atoms with Crippen LogP contribution in [-0.4, -0.2) is 41.4 Å². The summed E-state index contributed by atoms with van der Waals surface area (Å²) in [4.78, 5) is 26.9. The van der Waals surface area contributed by atoms with Gasteiger partial charge < -0.3 is 24.6 Å². The lowest BCUT2D eigenvalue weighted by Gasteiger charge is -2.25. The number of hydrogen-bond donors (Lipinski definition) is 1. The average Bonchev–Trinajstić information content (AvgIpc) is 3.37. The van der Waals surface area contributed by atoms with Crippen molar-refractivity contribution in [2.45, 2.75) is 31.3 Å². The van der Waals surface area contributed by atoms with Gasteiger partial charge in [0.2, 0.25) is 17.5 Å². The fourth-order valence-corrected chi connectivity index (χ4v) is 5.68. The Hall–Kier alpha value is -3.56. The summed E-state index contributed by atoms with van der Waals surface area (Å²) < 4.78 is 11.3. The molecule has 2 aromatic heterocycles. The van der Waals surface area contributed by atoms with Crippen LogP contribution in [-0.2, 0) is 22.6 Å². The highest BCUT2D eigenvalue weighted by atomic mass is 32.2. The van der Waals surface area contributed by atoms with E-state index >= 15 is 0 Å². The molecule has 12 heteroatoms. The Balaban J connectivity index is 1.39. The average molecular weight is 500 g/mol. The van der Waals surface area contributed by atoms with Crippen LogP contribution in [0.15, 0.2) is 33.8 Å². The van der Waals surface area contributed by atoms with Crippen molar-refractivity contribution < 1.29 is 28.6 Å². The second-order valence-electron chi connectivity index (χ2n) is 7.43. The summed E-state index contributed by atoms with van der Waals surface area (Å²) in [6.45, 7) is 2.52. The molecule has 34 heavy (non-hydrogen) atoms. The van der Waals surface area contributed by atoms with Crippen LogP contribution in [0.3, 0.4) is 0 Å². The molecule has 1 aromatic carbocycles. The first kappa shape index (κ1) is 23.6. The molecule has 4 rings (SSSR count). The third-order valence-electron chi connectivity index (χ3n) is 5.32. The first-order chi connectivity index (χ1) is 16.4. The lowest BCUT2D eigenvalue weighted by Crippen LogP contribution is -2.34. The first-order valence-electron chi connectivity index (χ1n) is 10.4. The molecule has 176 valence electrons. The number of carbonyl (C=O) groups is 2. The zero-order valence-corrected chi connectivity index (χ0v) is 20.1. The molecule has 10 nitrogen and oxygen atoms in total. The molecular weight excluding hydrogens is 478 g/mol. The maximum absolute atomic E-state index is 12.6. The lowest BCUT2D eigenvalue weighted by molar-refractivity contribution is -0.705. The number of benzene rings is 1. The molecule has 0 aliphatic carbocycles. The van der Waals surface area contributed by atoms with Crippen molar-refractivity contribution in [2.24, 2.45) is 0 Å². The smallest absolute Gasteiger partial charge is 0.297 e. The Labute approximate surface area is 203 Å². The molecular formula is C22H21N5O5S2. The van der Waals surface area contributed by atoms with Gasteiger partial charge in [-0.25, -0.2) is 0 Å². The predicted molar refractivity (Wildman–Crippen MR) is 122 cm³/mol. The zero-order chi connectivity index (χ0) is 24.2. The molecule has 0 saturated carbocycles. The van der Waals surface area contributed by atoms with E-state index in [0.717, 1.165) is 22.2 Å². The normalized spacial score (nSPS) is 12.7. The van der Waals surface area contributed by atoms with Gasteiger partial charge in [-0.05, 0) is 28.8 Å². The number of anilines is 1. The van der Waals surface area contributed by atoms with E-state index in [0.29, 0.717) is 47.3 Å². The minimum Gasteiger partial charge on any atom is -0.538 e. The summed E-state index contributed by atoms with van der Waals surface area (Å²) in [6, 6.07) is 9.16. The monoisotopic (exact) mass is 499 g/mol. The molecule has 0 saturated heterocycles. The van der Waals surface area contributed by atoms with Gasteiger partial charge in [0.15, 0.2) is 5.95 Å². The van der Waals surface area contributed by atoms with Gasteiger partial charge >= 0.3 is 0 Å². The molecule has 0 bridgehead atoms. The van der Waals surface area contributed by atoms with E-state index in [4.69, 9.17) is 9.26 Å². The molecule has 3 heterocycles. The van der Waals surface area contributed by atoms with E-state index in [1.54, 1.807) is 36.3 Å². The van der Waals surface area contributed by atoms with Crippen molar-refractivity contribution >= 4 is 39.9 Å². The molecule has 3 aromatic rings. The van der Waals surface area contributed by atoms with Gasteiger partial charge in [0.25, 0.3) is 5.03 Å². The van der Waals surface area contributed by atoms with Crippen LogP contribution < -0.4 is 19.8 Å². The van der Waals surface area contributed by atoms with E-state index in [9.17, 15) is 20.0 Å². The third kappa shape index (κ3) is 4.85. The second-order valence-corrected chi connectivity index (χ2v) is 9.62. The summed E-state index contributed by atoms with van der Waals surface area (Å²) >= 11 is 2.49. The number of nitrogens with one attached hydrogen (secondary N) is 1. The summed E-state index contributed by atoms with van der Waals surface area (Å²) in [5, 5.41) is 29.1. The van der Waals surface area contributed by atoms with E-state index in [1.165, 1.54) is 22.9 Å². The highest BCUT2D eigenvalue weighted by molar-refractivity contribution is 7.99. The van der Waals surface area contributed by atoms with Crippen molar-refractivity contribution in [1.82, 2.24) is 10.2 Å². The number of carbonyl (C=O) groups excluding carboxylic acids is 2. The van der Waals surface area contributed by atoms with Crippen LogP contribution in [0.2, 0.25) is 0 Å². The van der Waals surface area contributed by atoms with Gasteiger partial charge in [-0.1, -0.05) is 11.8 Å². The Morgan fingerprint density at radius 2 is 2.18 bits per heavy atom. The second kappa shape index (κ2) is 10.1. The zero-order valence-electron chi connectivity index (χ0n) is 18.5. The summed E-state index contributed by atoms with van der Waals surface area (Å²) in [5.74, 6) is 0.101. The molecule has 0 spiro atoms. The molecule has 0 unspecified atom stereocenters. The molecule has 0 atom stereocenters. The first-order valence-corrected chi connectivity index (χ1v) is 12.2. The number of nitriles is 1. The number of thiophene rings is 1. The molecule has 2 amide bonds. The molecule has 0 fully saturated rings. The van der Waals surface area contributed by atoms with Crippen molar-refractivity contribution in [3.05, 3.63) is 40.3 Å². The van der Waals surface area contributed by atoms with Crippen LogP contribution >= 0.6 is 23.1 Å². The fourth-order valence-electron chi connectivity index (χ4n) is 3.56. The minimum absolute atomic E-state index is 0.0153. The number of ether oxygens (including phenoxy) is 1. The van der Waals surface area contributed by atoms with Gasteiger partial charge in [0, 0.05) is 42.7 Å². The standard InChI is InChI=1S/C22H21N5O5S2/c1-13(28)26-9-7-16-17(11-23)20(34-18(16)12-26)24-19(29)8-10-33-21-22(30)32-25-27(21)14-3-5-15(31-2)6-4-14/h3-6H,7-10,12H2,1-2H3,(H-,24,25,29,30). The lowest BCUT2D eigenvalue weighted by atomic mass is 10.0. The number of nitrogens with zero attached hydrogens (tertiary/aromatic N) is 4. The van der Waals surface area contributed by atoms with E-state index in [2.05, 4.69) is 16.7 Å². The largest absolute Gasteiger partial charge is 0.538 e. The maximum atomic E-state index is 12.6. The number of amides is 2. The van der Waals surface area contributed by atoms with Crippen molar-refractivity contribution in [1.29, 1.82) is 5.26 Å². The Morgan fingerprint density at radius 1 is 1.41 bits per heavy atom. The predicted octanol–water partition coefficient (Wildman–Crippen LogP) is 1.99. The molecule has 1 aliphatic heterocycles. The summed E-state index contributed by atoms with van der Waals surface area (Å²) in [6.07, 6.45) is 0.704. The molecule has 1 aliphatic rings. The number of fused-ring (bicyclic) bond motifs is 1. The Kier molecular flexibility index (Phi) is 7.04. The van der Waals surface area contributed by atoms with E-state index in [1.807, 2.05) is 0 Å². The number of hydrogen-bond acceptors (Lipinski definition) is 9. The highest BCUT2D eigenvalue weighted by Gasteiger charge is 2.26. The van der Waals surface area contributed by atoms with Gasteiger partial charge in [-0.15, -0.1) is 11.3 Å². The topological polar surface area (TPSA) is 135 Å². The SMILES string of the molecule is COc1ccc(-[n+]2noc([O-])c2SCCC(=O)Nc2sc3c(c2C#N)CCN(C(C)=O)C3)cc1. The van der Waals surface area contributed by atoms with Crippen LogP contribution in [0.25, 0.3) is 5.69 Å². The van der Waals surface area contributed by atoms with E-state index in [-0.39, 0.29) is 23.3 Å². The van der Waals surface area contributed by atoms with Crippen LogP contribution in [0.4, 0.5) is 5.00 Å². The van der Waals surface area contributed by atoms with Gasteiger partial charge in [0.1, 0.15) is 16.8 Å². The van der Waals surface area contributed by atoms with E-state index < -0.39 is 5.95 Å². The number of methoxy groups -OCH3 is 1. The molecule has 1 N–H and O–H groups in total. The van der Waals surface area contributed by atoms with Crippen LogP contribution in [0.1, 0.15) is 29.3 Å². The minimum atomic E-state index is -0.589. The highest BCUT2D eigenvalue weighted by Crippen LogP contribution is 2.37. The number of aromatic nitrogens is 2.